The predicted octanol–water partition coefficient (Wildman–Crippen LogP) is 1.66. The summed E-state index contributed by atoms with van der Waals surface area (Å²) in [5.41, 5.74) is 0.402. The fourth-order valence-electron chi connectivity index (χ4n) is 0.655. The summed E-state index contributed by atoms with van der Waals surface area (Å²) in [5, 5.41) is 3.04. The van der Waals surface area contributed by atoms with Gasteiger partial charge in [0.2, 0.25) is 0 Å². The lowest BCUT2D eigenvalue weighted by molar-refractivity contribution is 0.111. The maximum atomic E-state index is 5.39. The van der Waals surface area contributed by atoms with E-state index >= 15 is 0 Å². The Labute approximate surface area is 70.3 Å². The first-order valence-corrected chi connectivity index (χ1v) is 4.28. The van der Waals surface area contributed by atoms with Gasteiger partial charge >= 0.3 is 0 Å². The molecule has 0 unspecified atom stereocenters. The molecule has 0 bridgehead atoms. The zero-order valence-electron chi connectivity index (χ0n) is 8.24. The highest BCUT2D eigenvalue weighted by molar-refractivity contribution is 4.59. The third kappa shape index (κ3) is 9.92. The second-order valence-electron chi connectivity index (χ2n) is 4.03. The molecule has 0 aromatic rings. The van der Waals surface area contributed by atoms with E-state index in [1.54, 1.807) is 0 Å². The van der Waals surface area contributed by atoms with E-state index < -0.39 is 0 Å². The number of rotatable bonds is 5. The molecule has 68 valence electrons. The first-order valence-electron chi connectivity index (χ1n) is 4.28. The van der Waals surface area contributed by atoms with Crippen LogP contribution in [0, 0.1) is 5.41 Å². The first kappa shape index (κ1) is 10.9. The minimum absolute atomic E-state index is 0.402. The Morgan fingerprint density at radius 1 is 1.18 bits per heavy atom. The van der Waals surface area contributed by atoms with Crippen molar-refractivity contribution >= 4 is 0 Å². The lowest BCUT2D eigenvalue weighted by Crippen LogP contribution is -2.16. The van der Waals surface area contributed by atoms with Crippen molar-refractivity contribution < 1.29 is 4.74 Å². The highest BCUT2D eigenvalue weighted by Crippen LogP contribution is 2.17. The maximum absolute atomic E-state index is 5.39. The van der Waals surface area contributed by atoms with Crippen LogP contribution in [-0.2, 0) is 4.74 Å². The van der Waals surface area contributed by atoms with Crippen molar-refractivity contribution in [3.63, 3.8) is 0 Å². The third-order valence-corrected chi connectivity index (χ3v) is 1.49. The van der Waals surface area contributed by atoms with Crippen LogP contribution in [0.4, 0.5) is 0 Å². The summed E-state index contributed by atoms with van der Waals surface area (Å²) in [4.78, 5) is 0. The smallest absolute Gasteiger partial charge is 0.0590 e. The summed E-state index contributed by atoms with van der Waals surface area (Å²) in [6, 6.07) is 0. The molecule has 0 aliphatic rings. The second-order valence-corrected chi connectivity index (χ2v) is 4.03. The zero-order chi connectivity index (χ0) is 8.74. The molecule has 1 N–H and O–H groups in total. The van der Waals surface area contributed by atoms with E-state index in [9.17, 15) is 0 Å². The molecule has 0 fully saturated rings. The molecule has 0 spiro atoms. The lowest BCUT2D eigenvalue weighted by atomic mass is 9.93. The number of likely N-dealkylation sites (N-methyl/N-ethyl adjacent to an activating group) is 1. The topological polar surface area (TPSA) is 21.3 Å². The van der Waals surface area contributed by atoms with Gasteiger partial charge in [0.1, 0.15) is 0 Å². The monoisotopic (exact) mass is 159 g/mol. The number of hydrogen-bond acceptors (Lipinski definition) is 2. The summed E-state index contributed by atoms with van der Waals surface area (Å²) in [7, 11) is 1.94. The van der Waals surface area contributed by atoms with Gasteiger partial charge in [-0.25, -0.2) is 0 Å². The summed E-state index contributed by atoms with van der Waals surface area (Å²) >= 11 is 0. The molecule has 0 heterocycles. The molecular weight excluding hydrogens is 138 g/mol. The Balaban J connectivity index is 3.02. The van der Waals surface area contributed by atoms with E-state index in [4.69, 9.17) is 4.74 Å². The maximum Gasteiger partial charge on any atom is 0.0590 e. The van der Waals surface area contributed by atoms with Gasteiger partial charge in [0.25, 0.3) is 0 Å². The van der Waals surface area contributed by atoms with Gasteiger partial charge in [-0.05, 0) is 18.9 Å². The number of hydrogen-bond donors (Lipinski definition) is 1. The van der Waals surface area contributed by atoms with Gasteiger partial charge in [0, 0.05) is 13.2 Å². The number of nitrogens with one attached hydrogen (secondary N) is 1. The van der Waals surface area contributed by atoms with Crippen LogP contribution < -0.4 is 5.32 Å². The van der Waals surface area contributed by atoms with E-state index in [-0.39, 0.29) is 0 Å². The van der Waals surface area contributed by atoms with Crippen molar-refractivity contribution in [3.8, 4) is 0 Å². The quantitative estimate of drug-likeness (QED) is 0.616. The van der Waals surface area contributed by atoms with Gasteiger partial charge in [-0.15, -0.1) is 0 Å². The molecule has 0 saturated heterocycles. The molecule has 2 nitrogen and oxygen atoms in total. The Morgan fingerprint density at radius 2 is 1.82 bits per heavy atom. The molecule has 0 atom stereocenters. The highest BCUT2D eigenvalue weighted by Gasteiger charge is 2.08. The minimum Gasteiger partial charge on any atom is -0.380 e. The molecule has 0 radical (unpaired) electrons. The minimum atomic E-state index is 0.402. The van der Waals surface area contributed by atoms with Crippen molar-refractivity contribution in [2.45, 2.75) is 27.2 Å². The normalized spacial score (nSPS) is 12.0. The van der Waals surface area contributed by atoms with Crippen LogP contribution in [-0.4, -0.2) is 26.8 Å². The van der Waals surface area contributed by atoms with Gasteiger partial charge in [-0.2, -0.15) is 0 Å². The van der Waals surface area contributed by atoms with E-state index in [2.05, 4.69) is 26.1 Å². The van der Waals surface area contributed by atoms with Crippen LogP contribution in [0.3, 0.4) is 0 Å². The van der Waals surface area contributed by atoms with Crippen LogP contribution in [0.5, 0.6) is 0 Å². The van der Waals surface area contributed by atoms with E-state index in [0.717, 1.165) is 26.2 Å². The van der Waals surface area contributed by atoms with E-state index in [1.165, 1.54) is 0 Å². The molecule has 0 aliphatic carbocycles. The van der Waals surface area contributed by atoms with Gasteiger partial charge in [0.05, 0.1) is 6.61 Å². The van der Waals surface area contributed by atoms with Crippen molar-refractivity contribution in [1.29, 1.82) is 0 Å². The molecule has 0 aliphatic heterocycles. The highest BCUT2D eigenvalue weighted by atomic mass is 16.5. The Kier molecular flexibility index (Phi) is 5.51. The molecule has 0 aromatic heterocycles. The van der Waals surface area contributed by atoms with Gasteiger partial charge in [0.15, 0.2) is 0 Å². The lowest BCUT2D eigenvalue weighted by Gasteiger charge is -2.17. The van der Waals surface area contributed by atoms with Crippen LogP contribution in [0.15, 0.2) is 0 Å². The molecule has 0 saturated carbocycles. The Hall–Kier alpha value is -0.0800. The average molecular weight is 159 g/mol. The average Bonchev–Trinajstić information content (AvgIpc) is 1.85. The first-order chi connectivity index (χ1) is 5.06. The predicted molar refractivity (Wildman–Crippen MR) is 48.8 cm³/mol. The molecule has 0 aromatic carbocycles. The van der Waals surface area contributed by atoms with Crippen LogP contribution in [0.2, 0.25) is 0 Å². The van der Waals surface area contributed by atoms with Crippen LogP contribution in [0.1, 0.15) is 27.2 Å². The van der Waals surface area contributed by atoms with E-state index in [0.29, 0.717) is 5.41 Å². The largest absolute Gasteiger partial charge is 0.380 e. The Morgan fingerprint density at radius 3 is 2.27 bits per heavy atom. The third-order valence-electron chi connectivity index (χ3n) is 1.49. The van der Waals surface area contributed by atoms with E-state index in [1.807, 2.05) is 7.05 Å². The SMILES string of the molecule is CNCCOCCC(C)(C)C. The fraction of sp³-hybridized carbons (Fsp3) is 1.00. The van der Waals surface area contributed by atoms with Crippen LogP contribution in [0.25, 0.3) is 0 Å². The molecule has 0 rings (SSSR count). The molecule has 0 amide bonds. The molecule has 11 heavy (non-hydrogen) atoms. The molecular formula is C9H21NO. The fourth-order valence-corrected chi connectivity index (χ4v) is 0.655. The van der Waals surface area contributed by atoms with Gasteiger partial charge in [-0.3, -0.25) is 0 Å². The van der Waals surface area contributed by atoms with Crippen molar-refractivity contribution in [1.82, 2.24) is 5.32 Å². The Bertz CT molecular complexity index is 86.1. The second kappa shape index (κ2) is 5.56. The summed E-state index contributed by atoms with van der Waals surface area (Å²) in [5.74, 6) is 0. The van der Waals surface area contributed by atoms with Crippen molar-refractivity contribution in [2.24, 2.45) is 5.41 Å². The summed E-state index contributed by atoms with van der Waals surface area (Å²) in [6.45, 7) is 9.35. The van der Waals surface area contributed by atoms with Crippen molar-refractivity contribution in [2.75, 3.05) is 26.8 Å². The summed E-state index contributed by atoms with van der Waals surface area (Å²) in [6.07, 6.45) is 1.14. The summed E-state index contributed by atoms with van der Waals surface area (Å²) < 4.78 is 5.39. The van der Waals surface area contributed by atoms with Gasteiger partial charge < -0.3 is 10.1 Å². The number of ether oxygens (including phenoxy) is 1. The molecule has 2 heteroatoms. The standard InChI is InChI=1S/C9H21NO/c1-9(2,3)5-7-11-8-6-10-4/h10H,5-8H2,1-4H3. The van der Waals surface area contributed by atoms with Crippen LogP contribution >= 0.6 is 0 Å². The zero-order valence-corrected chi connectivity index (χ0v) is 8.24. The van der Waals surface area contributed by atoms with Gasteiger partial charge in [-0.1, -0.05) is 20.8 Å². The van der Waals surface area contributed by atoms with Crippen molar-refractivity contribution in [3.05, 3.63) is 0 Å².